The number of aromatic nitrogens is 1. The summed E-state index contributed by atoms with van der Waals surface area (Å²) < 4.78 is 27.3. The number of amides is 2. The van der Waals surface area contributed by atoms with Crippen LogP contribution in [-0.2, 0) is 13.0 Å². The normalized spacial score (nSPS) is 13.9. The van der Waals surface area contributed by atoms with Gasteiger partial charge in [0.15, 0.2) is 0 Å². The minimum Gasteiger partial charge on any atom is -0.493 e. The first-order valence-corrected chi connectivity index (χ1v) is 13.9. The molecule has 2 amide bonds. The zero-order valence-corrected chi connectivity index (χ0v) is 23.2. The number of pyridine rings is 1. The van der Waals surface area contributed by atoms with Gasteiger partial charge in [-0.2, -0.15) is 0 Å². The van der Waals surface area contributed by atoms with Crippen molar-refractivity contribution < 1.29 is 18.7 Å². The largest absolute Gasteiger partial charge is 0.493 e. The van der Waals surface area contributed by atoms with Crippen molar-refractivity contribution in [3.63, 3.8) is 0 Å². The van der Waals surface area contributed by atoms with Gasteiger partial charge in [0, 0.05) is 55.8 Å². The average Bonchev–Trinajstić information content (AvgIpc) is 3.00. The zero-order valence-electron chi connectivity index (χ0n) is 23.2. The molecular formula is C33H35FN4O3. The SMILES string of the molecule is CN1CCC(Oc2cc(F)cc(-c3ccccc3)c2CCOc2ccc(NC(=O)NCc3cccnc3)cc2)CC1. The number of likely N-dealkylation sites (tertiary alicyclic amines) is 1. The lowest BCUT2D eigenvalue weighted by atomic mass is 9.96. The van der Waals surface area contributed by atoms with Crippen LogP contribution in [0.15, 0.2) is 91.3 Å². The van der Waals surface area contributed by atoms with Gasteiger partial charge < -0.3 is 25.0 Å². The van der Waals surface area contributed by atoms with Crippen molar-refractivity contribution in [2.45, 2.75) is 31.9 Å². The molecule has 8 heteroatoms. The molecule has 2 N–H and O–H groups in total. The molecule has 1 aliphatic rings. The molecule has 5 rings (SSSR count). The number of rotatable bonds is 10. The maximum atomic E-state index is 14.8. The standard InChI is InChI=1S/C33H35FN4O3/c1-38-17-13-29(14-18-38)41-32-21-26(34)20-31(25-7-3-2-4-8-25)30(32)15-19-40-28-11-9-27(10-12-28)37-33(39)36-23-24-6-5-16-35-22-24/h2-12,16,20-22,29H,13-15,17-19,23H2,1H3,(H2,36,37,39). The van der Waals surface area contributed by atoms with E-state index in [-0.39, 0.29) is 18.0 Å². The van der Waals surface area contributed by atoms with Crippen LogP contribution in [0, 0.1) is 5.82 Å². The molecule has 0 saturated carbocycles. The highest BCUT2D eigenvalue weighted by molar-refractivity contribution is 5.89. The zero-order chi connectivity index (χ0) is 28.4. The molecular weight excluding hydrogens is 519 g/mol. The van der Waals surface area contributed by atoms with E-state index in [1.807, 2.05) is 54.6 Å². The van der Waals surface area contributed by atoms with Crippen molar-refractivity contribution in [2.24, 2.45) is 0 Å². The molecule has 212 valence electrons. The highest BCUT2D eigenvalue weighted by Crippen LogP contribution is 2.34. The number of hydrogen-bond donors (Lipinski definition) is 2. The molecule has 0 aliphatic carbocycles. The van der Waals surface area contributed by atoms with E-state index in [0.29, 0.717) is 36.8 Å². The van der Waals surface area contributed by atoms with E-state index in [1.165, 1.54) is 6.07 Å². The molecule has 1 fully saturated rings. The number of halogens is 1. The van der Waals surface area contributed by atoms with Gasteiger partial charge in [-0.05, 0) is 73.0 Å². The van der Waals surface area contributed by atoms with Crippen LogP contribution in [0.4, 0.5) is 14.9 Å². The Morgan fingerprint density at radius 1 is 1.02 bits per heavy atom. The second-order valence-corrected chi connectivity index (χ2v) is 10.2. The molecule has 1 aliphatic heterocycles. The summed E-state index contributed by atoms with van der Waals surface area (Å²) in [6.07, 6.45) is 5.82. The van der Waals surface area contributed by atoms with Crippen LogP contribution in [0.5, 0.6) is 11.5 Å². The van der Waals surface area contributed by atoms with Gasteiger partial charge in [0.05, 0.1) is 6.61 Å². The number of anilines is 1. The summed E-state index contributed by atoms with van der Waals surface area (Å²) in [4.78, 5) is 18.6. The van der Waals surface area contributed by atoms with Gasteiger partial charge >= 0.3 is 6.03 Å². The first-order chi connectivity index (χ1) is 20.0. The number of carbonyl (C=O) groups is 1. The van der Waals surface area contributed by atoms with Crippen LogP contribution < -0.4 is 20.1 Å². The number of hydrogen-bond acceptors (Lipinski definition) is 5. The third-order valence-corrected chi connectivity index (χ3v) is 7.13. The van der Waals surface area contributed by atoms with Crippen LogP contribution in [-0.4, -0.2) is 48.8 Å². The second kappa shape index (κ2) is 13.8. The number of ether oxygens (including phenoxy) is 2. The molecule has 3 aromatic carbocycles. The van der Waals surface area contributed by atoms with Crippen LogP contribution in [0.25, 0.3) is 11.1 Å². The first kappa shape index (κ1) is 28.1. The van der Waals surface area contributed by atoms with Crippen molar-refractivity contribution in [3.8, 4) is 22.6 Å². The molecule has 0 radical (unpaired) electrons. The van der Waals surface area contributed by atoms with E-state index in [2.05, 4.69) is 27.6 Å². The van der Waals surface area contributed by atoms with Gasteiger partial charge in [-0.15, -0.1) is 0 Å². The van der Waals surface area contributed by atoms with Gasteiger partial charge in [-0.1, -0.05) is 36.4 Å². The van der Waals surface area contributed by atoms with E-state index in [1.54, 1.807) is 30.6 Å². The summed E-state index contributed by atoms with van der Waals surface area (Å²) in [6.45, 7) is 2.69. The predicted octanol–water partition coefficient (Wildman–Crippen LogP) is 6.30. The monoisotopic (exact) mass is 554 g/mol. The topological polar surface area (TPSA) is 75.7 Å². The number of carbonyl (C=O) groups excluding carboxylic acids is 1. The molecule has 1 aromatic heterocycles. The highest BCUT2D eigenvalue weighted by Gasteiger charge is 2.21. The van der Waals surface area contributed by atoms with Crippen molar-refractivity contribution in [3.05, 3.63) is 108 Å². The fourth-order valence-corrected chi connectivity index (χ4v) is 4.90. The van der Waals surface area contributed by atoms with Crippen molar-refractivity contribution in [1.82, 2.24) is 15.2 Å². The summed E-state index contributed by atoms with van der Waals surface area (Å²) in [7, 11) is 2.11. The molecule has 0 spiro atoms. The average molecular weight is 555 g/mol. The third kappa shape index (κ3) is 8.05. The Hall–Kier alpha value is -4.43. The Morgan fingerprint density at radius 3 is 2.54 bits per heavy atom. The summed E-state index contributed by atoms with van der Waals surface area (Å²) in [5, 5.41) is 5.63. The second-order valence-electron chi connectivity index (χ2n) is 10.2. The molecule has 1 saturated heterocycles. The lowest BCUT2D eigenvalue weighted by Crippen LogP contribution is -2.35. The lowest BCUT2D eigenvalue weighted by Gasteiger charge is -2.30. The molecule has 7 nitrogen and oxygen atoms in total. The van der Waals surface area contributed by atoms with Gasteiger partial charge in [0.2, 0.25) is 0 Å². The maximum Gasteiger partial charge on any atom is 0.319 e. The molecule has 0 atom stereocenters. The number of urea groups is 1. The minimum absolute atomic E-state index is 0.0536. The number of nitrogens with one attached hydrogen (secondary N) is 2. The van der Waals surface area contributed by atoms with E-state index in [9.17, 15) is 9.18 Å². The minimum atomic E-state index is -0.316. The Bertz CT molecular complexity index is 1410. The van der Waals surface area contributed by atoms with E-state index in [4.69, 9.17) is 9.47 Å². The summed E-state index contributed by atoms with van der Waals surface area (Å²) >= 11 is 0. The Kier molecular flexibility index (Phi) is 9.44. The van der Waals surface area contributed by atoms with E-state index >= 15 is 0 Å². The molecule has 4 aromatic rings. The number of benzene rings is 3. The van der Waals surface area contributed by atoms with Gasteiger partial charge in [0.1, 0.15) is 23.4 Å². The van der Waals surface area contributed by atoms with Gasteiger partial charge in [-0.3, -0.25) is 4.98 Å². The van der Waals surface area contributed by atoms with Crippen molar-refractivity contribution in [1.29, 1.82) is 0 Å². The molecule has 41 heavy (non-hydrogen) atoms. The fraction of sp³-hybridized carbons (Fsp3) is 0.273. The third-order valence-electron chi connectivity index (χ3n) is 7.13. The fourth-order valence-electron chi connectivity index (χ4n) is 4.90. The van der Waals surface area contributed by atoms with Crippen LogP contribution >= 0.6 is 0 Å². The van der Waals surface area contributed by atoms with Gasteiger partial charge in [0.25, 0.3) is 0 Å². The quantitative estimate of drug-likeness (QED) is 0.241. The van der Waals surface area contributed by atoms with E-state index < -0.39 is 0 Å². The Morgan fingerprint density at radius 2 is 1.80 bits per heavy atom. The Labute approximate surface area is 240 Å². The van der Waals surface area contributed by atoms with Crippen LogP contribution in [0.3, 0.4) is 0 Å². The van der Waals surface area contributed by atoms with Gasteiger partial charge in [-0.25, -0.2) is 9.18 Å². The molecule has 0 bridgehead atoms. The first-order valence-electron chi connectivity index (χ1n) is 13.9. The Balaban J connectivity index is 1.22. The van der Waals surface area contributed by atoms with Crippen molar-refractivity contribution in [2.75, 3.05) is 32.1 Å². The molecule has 2 heterocycles. The number of piperidine rings is 1. The predicted molar refractivity (Wildman–Crippen MR) is 159 cm³/mol. The highest BCUT2D eigenvalue weighted by atomic mass is 19.1. The van der Waals surface area contributed by atoms with Crippen LogP contribution in [0.1, 0.15) is 24.0 Å². The summed E-state index contributed by atoms with van der Waals surface area (Å²) in [5.74, 6) is 0.940. The van der Waals surface area contributed by atoms with Crippen molar-refractivity contribution >= 4 is 11.7 Å². The van der Waals surface area contributed by atoms with Crippen LogP contribution in [0.2, 0.25) is 0 Å². The van der Waals surface area contributed by atoms with E-state index in [0.717, 1.165) is 48.2 Å². The summed E-state index contributed by atoms with van der Waals surface area (Å²) in [6, 6.07) is 23.5. The lowest BCUT2D eigenvalue weighted by molar-refractivity contribution is 0.113. The maximum absolute atomic E-state index is 14.8. The molecule has 0 unspecified atom stereocenters. The smallest absolute Gasteiger partial charge is 0.319 e. The number of nitrogens with zero attached hydrogens (tertiary/aromatic N) is 2. The summed E-state index contributed by atoms with van der Waals surface area (Å²) in [5.41, 5.74) is 4.25.